The van der Waals surface area contributed by atoms with Gasteiger partial charge in [0, 0.05) is 44.4 Å². The third-order valence-corrected chi connectivity index (χ3v) is 4.79. The van der Waals surface area contributed by atoms with Gasteiger partial charge in [-0.3, -0.25) is 14.4 Å². The molecule has 0 atom stereocenters. The van der Waals surface area contributed by atoms with Crippen LogP contribution in [-0.4, -0.2) is 47.7 Å². The van der Waals surface area contributed by atoms with Crippen molar-refractivity contribution < 1.29 is 9.53 Å². The Kier molecular flexibility index (Phi) is 4.95. The summed E-state index contributed by atoms with van der Waals surface area (Å²) >= 11 is 0. The van der Waals surface area contributed by atoms with Gasteiger partial charge in [-0.25, -0.2) is 0 Å². The normalized spacial score (nSPS) is 16.6. The minimum atomic E-state index is 0.468. The molecule has 2 aromatic carbocycles. The Bertz CT molecular complexity index is 883. The Labute approximate surface area is 152 Å². The summed E-state index contributed by atoms with van der Waals surface area (Å²) in [5.41, 5.74) is 3.44. The molecule has 6 heteroatoms. The molecule has 0 radical (unpaired) electrons. The summed E-state index contributed by atoms with van der Waals surface area (Å²) < 4.78 is 4.63. The Morgan fingerprint density at radius 3 is 2.62 bits per heavy atom. The van der Waals surface area contributed by atoms with Crippen molar-refractivity contribution in [1.29, 1.82) is 0 Å². The summed E-state index contributed by atoms with van der Waals surface area (Å²) in [5.74, 6) is 0. The van der Waals surface area contributed by atoms with Gasteiger partial charge in [0.1, 0.15) is 0 Å². The fourth-order valence-corrected chi connectivity index (χ4v) is 3.31. The molecule has 6 nitrogen and oxygen atoms in total. The zero-order valence-electron chi connectivity index (χ0n) is 14.6. The highest BCUT2D eigenvalue weighted by Crippen LogP contribution is 2.14. The standard InChI is InChI=1S/C20H22N4O2/c25-24-20-15-18(8-9-19(20)21-26-24)16-23-13-11-22(12-14-23)10-4-7-17-5-2-1-3-6-17/h1-9,15H,10-14,16H2/b7-4+. The predicted octanol–water partition coefficient (Wildman–Crippen LogP) is 2.29. The lowest BCUT2D eigenvalue weighted by Gasteiger charge is -2.34. The molecular formula is C20H22N4O2. The maximum Gasteiger partial charge on any atom is 0.248 e. The van der Waals surface area contributed by atoms with Crippen molar-refractivity contribution in [2.45, 2.75) is 6.54 Å². The molecule has 1 aliphatic rings. The van der Waals surface area contributed by atoms with Crippen LogP contribution in [-0.2, 0) is 6.54 Å². The first kappa shape index (κ1) is 16.8. The van der Waals surface area contributed by atoms with E-state index in [4.69, 9.17) is 0 Å². The van der Waals surface area contributed by atoms with E-state index in [0.29, 0.717) is 15.9 Å². The number of hydrogen-bond donors (Lipinski definition) is 0. The van der Waals surface area contributed by atoms with Crippen molar-refractivity contribution in [2.75, 3.05) is 32.7 Å². The molecule has 26 heavy (non-hydrogen) atoms. The second-order valence-corrected chi connectivity index (χ2v) is 6.64. The van der Waals surface area contributed by atoms with Crippen LogP contribution in [0.1, 0.15) is 11.1 Å². The number of benzene rings is 2. The fraction of sp³-hybridized carbons (Fsp3) is 0.300. The minimum Gasteiger partial charge on any atom is -0.359 e. The van der Waals surface area contributed by atoms with Crippen molar-refractivity contribution in [2.24, 2.45) is 0 Å². The van der Waals surface area contributed by atoms with E-state index >= 15 is 0 Å². The van der Waals surface area contributed by atoms with Gasteiger partial charge in [0.15, 0.2) is 0 Å². The Morgan fingerprint density at radius 1 is 1.04 bits per heavy atom. The van der Waals surface area contributed by atoms with E-state index < -0.39 is 0 Å². The van der Waals surface area contributed by atoms with E-state index in [2.05, 4.69) is 56.0 Å². The minimum absolute atomic E-state index is 0.468. The van der Waals surface area contributed by atoms with Crippen LogP contribution < -0.4 is 4.90 Å². The second-order valence-electron chi connectivity index (χ2n) is 6.64. The van der Waals surface area contributed by atoms with Crippen molar-refractivity contribution in [1.82, 2.24) is 15.0 Å². The van der Waals surface area contributed by atoms with Crippen molar-refractivity contribution in [3.63, 3.8) is 0 Å². The van der Waals surface area contributed by atoms with Crippen molar-refractivity contribution in [3.8, 4) is 0 Å². The number of rotatable bonds is 5. The highest BCUT2D eigenvalue weighted by Gasteiger charge is 2.17. The zero-order chi connectivity index (χ0) is 17.8. The summed E-state index contributed by atoms with van der Waals surface area (Å²) in [4.78, 5) is 5.35. The van der Waals surface area contributed by atoms with E-state index in [1.54, 1.807) is 0 Å². The summed E-state index contributed by atoms with van der Waals surface area (Å²) in [5, 5.41) is 15.2. The topological polar surface area (TPSA) is 59.5 Å². The number of nitrogens with zero attached hydrogens (tertiary/aromatic N) is 4. The summed E-state index contributed by atoms with van der Waals surface area (Å²) in [6.07, 6.45) is 4.41. The molecular weight excluding hydrogens is 328 g/mol. The zero-order valence-corrected chi connectivity index (χ0v) is 14.6. The van der Waals surface area contributed by atoms with Crippen molar-refractivity contribution >= 4 is 17.1 Å². The number of piperazine rings is 1. The average molecular weight is 350 g/mol. The first-order valence-electron chi connectivity index (χ1n) is 8.92. The number of fused-ring (bicyclic) bond motifs is 1. The largest absolute Gasteiger partial charge is 0.359 e. The van der Waals surface area contributed by atoms with Crippen LogP contribution >= 0.6 is 0 Å². The van der Waals surface area contributed by atoms with E-state index in [1.165, 1.54) is 5.56 Å². The summed E-state index contributed by atoms with van der Waals surface area (Å²) in [6, 6.07) is 16.1. The summed E-state index contributed by atoms with van der Waals surface area (Å²) in [7, 11) is 0. The number of aromatic nitrogens is 2. The molecule has 1 fully saturated rings. The third-order valence-electron chi connectivity index (χ3n) is 4.79. The van der Waals surface area contributed by atoms with E-state index in [0.717, 1.165) is 44.8 Å². The Hall–Kier alpha value is -2.70. The predicted molar refractivity (Wildman–Crippen MR) is 100 cm³/mol. The van der Waals surface area contributed by atoms with Gasteiger partial charge in [-0.2, -0.15) is 0 Å². The fourth-order valence-electron chi connectivity index (χ4n) is 3.31. The molecule has 0 N–H and O–H groups in total. The highest BCUT2D eigenvalue weighted by atomic mass is 16.8. The molecule has 1 aliphatic heterocycles. The lowest BCUT2D eigenvalue weighted by molar-refractivity contribution is -0.782. The van der Waals surface area contributed by atoms with Gasteiger partial charge in [0.05, 0.1) is 0 Å². The molecule has 3 aromatic rings. The second kappa shape index (κ2) is 7.68. The van der Waals surface area contributed by atoms with E-state index in [9.17, 15) is 5.21 Å². The molecule has 0 unspecified atom stereocenters. The van der Waals surface area contributed by atoms with Crippen LogP contribution in [0, 0.1) is 5.21 Å². The molecule has 134 valence electrons. The average Bonchev–Trinajstić information content (AvgIpc) is 3.05. The molecule has 0 saturated carbocycles. The SMILES string of the molecule is [O-][n+]1onc2ccc(CN3CCN(C/C=C/c4ccccc4)CC3)cc21. The number of hydrogen-bond acceptors (Lipinski definition) is 5. The lowest BCUT2D eigenvalue weighted by Crippen LogP contribution is -2.45. The molecule has 0 bridgehead atoms. The first-order chi connectivity index (χ1) is 12.8. The van der Waals surface area contributed by atoms with Crippen LogP contribution in [0.2, 0.25) is 0 Å². The van der Waals surface area contributed by atoms with Gasteiger partial charge >= 0.3 is 0 Å². The van der Waals surface area contributed by atoms with E-state index in [1.807, 2.05) is 24.3 Å². The maximum atomic E-state index is 11.5. The lowest BCUT2D eigenvalue weighted by atomic mass is 10.1. The van der Waals surface area contributed by atoms with Crippen molar-refractivity contribution in [3.05, 3.63) is 70.9 Å². The van der Waals surface area contributed by atoms with Gasteiger partial charge < -0.3 is 5.21 Å². The van der Waals surface area contributed by atoms with E-state index in [-0.39, 0.29) is 0 Å². The van der Waals surface area contributed by atoms with Gasteiger partial charge in [-0.05, 0) is 28.2 Å². The Balaban J connectivity index is 1.28. The first-order valence-corrected chi connectivity index (χ1v) is 8.92. The molecule has 0 aliphatic carbocycles. The molecule has 4 rings (SSSR count). The Morgan fingerprint density at radius 2 is 1.81 bits per heavy atom. The molecule has 2 heterocycles. The molecule has 0 amide bonds. The van der Waals surface area contributed by atoms with Crippen LogP contribution in [0.5, 0.6) is 0 Å². The summed E-state index contributed by atoms with van der Waals surface area (Å²) in [6.45, 7) is 5.98. The monoisotopic (exact) mass is 350 g/mol. The van der Waals surface area contributed by atoms with Crippen LogP contribution in [0.4, 0.5) is 0 Å². The van der Waals surface area contributed by atoms with Crippen LogP contribution in [0.25, 0.3) is 17.1 Å². The molecule has 1 saturated heterocycles. The molecule has 1 aromatic heterocycles. The maximum absolute atomic E-state index is 11.5. The van der Waals surface area contributed by atoms with Gasteiger partial charge in [-0.1, -0.05) is 48.6 Å². The van der Waals surface area contributed by atoms with Crippen LogP contribution in [0.3, 0.4) is 0 Å². The van der Waals surface area contributed by atoms with Gasteiger partial charge in [0.25, 0.3) is 0 Å². The highest BCUT2D eigenvalue weighted by molar-refractivity contribution is 5.70. The smallest absolute Gasteiger partial charge is 0.248 e. The molecule has 0 spiro atoms. The van der Waals surface area contributed by atoms with Crippen LogP contribution in [0.15, 0.2) is 59.2 Å². The quantitative estimate of drug-likeness (QED) is 0.661. The third kappa shape index (κ3) is 3.92. The van der Waals surface area contributed by atoms with Gasteiger partial charge in [0.2, 0.25) is 11.0 Å². The van der Waals surface area contributed by atoms with Gasteiger partial charge in [-0.15, -0.1) is 0 Å².